The van der Waals surface area contributed by atoms with Crippen molar-refractivity contribution in [1.29, 1.82) is 0 Å². The summed E-state index contributed by atoms with van der Waals surface area (Å²) in [6.45, 7) is 5.63. The van der Waals surface area contributed by atoms with Gasteiger partial charge in [0.1, 0.15) is 11.5 Å². The van der Waals surface area contributed by atoms with Gasteiger partial charge in [-0.2, -0.15) is 0 Å². The van der Waals surface area contributed by atoms with Crippen molar-refractivity contribution in [2.45, 2.75) is 37.6 Å². The van der Waals surface area contributed by atoms with Crippen LogP contribution in [0, 0.1) is 13.8 Å². The molecule has 1 aliphatic rings. The van der Waals surface area contributed by atoms with Crippen LogP contribution < -0.4 is 14.8 Å². The lowest BCUT2D eigenvalue weighted by Crippen LogP contribution is -2.27. The number of aromatic hydroxyl groups is 1. The number of rotatable bonds is 7. The van der Waals surface area contributed by atoms with Gasteiger partial charge >= 0.3 is 0 Å². The first-order chi connectivity index (χ1) is 15.0. The maximum atomic E-state index is 9.63. The Bertz CT molecular complexity index is 1050. The summed E-state index contributed by atoms with van der Waals surface area (Å²) in [5.41, 5.74) is 4.06. The molecule has 8 heteroatoms. The van der Waals surface area contributed by atoms with Crippen LogP contribution in [0.3, 0.4) is 0 Å². The lowest BCUT2D eigenvalue weighted by atomic mass is 10.1. The molecule has 0 spiro atoms. The summed E-state index contributed by atoms with van der Waals surface area (Å²) in [5.74, 6) is 1.07. The van der Waals surface area contributed by atoms with Gasteiger partial charge in [0.05, 0.1) is 22.6 Å². The third-order valence-corrected chi connectivity index (χ3v) is 7.25. The van der Waals surface area contributed by atoms with E-state index < -0.39 is 0 Å². The molecule has 6 nitrogen and oxygen atoms in total. The molecule has 1 aliphatic heterocycles. The smallest absolute Gasteiger partial charge is 0.183 e. The van der Waals surface area contributed by atoms with E-state index in [-0.39, 0.29) is 5.75 Å². The normalized spacial score (nSPS) is 14.4. The highest BCUT2D eigenvalue weighted by atomic mass is 32.2. The maximum Gasteiger partial charge on any atom is 0.183 e. The van der Waals surface area contributed by atoms with Gasteiger partial charge in [-0.1, -0.05) is 11.3 Å². The molecule has 0 radical (unpaired) electrons. The van der Waals surface area contributed by atoms with Gasteiger partial charge in [0.15, 0.2) is 5.13 Å². The molecule has 1 fully saturated rings. The quantitative estimate of drug-likeness (QED) is 0.303. The number of phenolic OH excluding ortho intramolecular Hbond substituents is 1. The molecule has 2 aromatic carbocycles. The Balaban J connectivity index is 1.54. The van der Waals surface area contributed by atoms with E-state index in [9.17, 15) is 5.11 Å². The maximum absolute atomic E-state index is 9.63. The number of nitrogens with zero attached hydrogens (tertiary/aromatic N) is 1. The second-order valence-corrected chi connectivity index (χ2v) is 9.38. The molecule has 0 unspecified atom stereocenters. The number of thiazole rings is 1. The van der Waals surface area contributed by atoms with Gasteiger partial charge in [-0.15, -0.1) is 0 Å². The van der Waals surface area contributed by atoms with Crippen molar-refractivity contribution < 1.29 is 14.6 Å². The summed E-state index contributed by atoms with van der Waals surface area (Å²) >= 11 is 3.18. The highest BCUT2D eigenvalue weighted by molar-refractivity contribution is 8.00. The number of nitrogens with one attached hydrogen (secondary N) is 2. The highest BCUT2D eigenvalue weighted by Crippen LogP contribution is 2.39. The first kappa shape index (κ1) is 21.8. The fraction of sp³-hybridized carbons (Fsp3) is 0.348. The van der Waals surface area contributed by atoms with Crippen molar-refractivity contribution in [1.82, 2.24) is 4.98 Å². The summed E-state index contributed by atoms with van der Waals surface area (Å²) in [4.78, 5) is 6.89. The van der Waals surface area contributed by atoms with E-state index in [1.54, 1.807) is 30.6 Å². The molecule has 1 aromatic heterocycles. The summed E-state index contributed by atoms with van der Waals surface area (Å²) in [6.07, 6.45) is 2.03. The Hall–Kier alpha value is -2.42. The number of hydrogen-bond acceptors (Lipinski definition) is 8. The SMILES string of the molecule is COc1ccc(-c2sc(NC3CCOCC3)nc2C)cc1SNc1ccc(O)cc1C. The first-order valence-electron chi connectivity index (χ1n) is 10.3. The van der Waals surface area contributed by atoms with E-state index in [0.717, 1.165) is 69.2 Å². The number of ether oxygens (including phenoxy) is 2. The number of benzene rings is 2. The van der Waals surface area contributed by atoms with Crippen LogP contribution in [-0.2, 0) is 4.74 Å². The molecule has 0 amide bonds. The van der Waals surface area contributed by atoms with Crippen LogP contribution in [0.15, 0.2) is 41.3 Å². The van der Waals surface area contributed by atoms with Gasteiger partial charge in [-0.25, -0.2) is 4.98 Å². The predicted molar refractivity (Wildman–Crippen MR) is 129 cm³/mol. The molecule has 0 aliphatic carbocycles. The second kappa shape index (κ2) is 9.80. The van der Waals surface area contributed by atoms with Crippen molar-refractivity contribution in [3.05, 3.63) is 47.7 Å². The van der Waals surface area contributed by atoms with Crippen LogP contribution in [-0.4, -0.2) is 36.5 Å². The van der Waals surface area contributed by atoms with E-state index in [0.29, 0.717) is 6.04 Å². The zero-order chi connectivity index (χ0) is 21.8. The molecule has 2 heterocycles. The number of anilines is 2. The van der Waals surface area contributed by atoms with Crippen LogP contribution in [0.4, 0.5) is 10.8 Å². The van der Waals surface area contributed by atoms with Crippen molar-refractivity contribution >= 4 is 34.1 Å². The molecule has 4 rings (SSSR count). The standard InChI is InChI=1S/C23H27N3O3S2/c1-14-12-18(27)5-6-19(14)26-31-21-13-16(4-7-20(21)28-3)22-15(2)24-23(30-22)25-17-8-10-29-11-9-17/h4-7,12-13,17,26-27H,8-11H2,1-3H3,(H,24,25). The van der Waals surface area contributed by atoms with E-state index in [1.807, 2.05) is 19.1 Å². The van der Waals surface area contributed by atoms with E-state index in [1.165, 1.54) is 11.9 Å². The minimum absolute atomic E-state index is 0.262. The largest absolute Gasteiger partial charge is 0.508 e. The fourth-order valence-corrected chi connectivity index (χ4v) is 5.44. The summed E-state index contributed by atoms with van der Waals surface area (Å²) in [5, 5.41) is 14.2. The zero-order valence-corrected chi connectivity index (χ0v) is 19.5. The molecule has 3 N–H and O–H groups in total. The number of phenols is 1. The summed E-state index contributed by atoms with van der Waals surface area (Å²) in [6, 6.07) is 11.9. The summed E-state index contributed by atoms with van der Waals surface area (Å²) in [7, 11) is 1.68. The molecule has 31 heavy (non-hydrogen) atoms. The average molecular weight is 458 g/mol. The van der Waals surface area contributed by atoms with Gasteiger partial charge < -0.3 is 24.6 Å². The summed E-state index contributed by atoms with van der Waals surface area (Å²) < 4.78 is 14.4. The molecule has 1 saturated heterocycles. The second-order valence-electron chi connectivity index (χ2n) is 7.53. The zero-order valence-electron chi connectivity index (χ0n) is 17.9. The van der Waals surface area contributed by atoms with Gasteiger partial charge in [0.25, 0.3) is 0 Å². The lowest BCUT2D eigenvalue weighted by Gasteiger charge is -2.22. The van der Waals surface area contributed by atoms with Crippen molar-refractivity contribution in [2.75, 3.05) is 30.4 Å². The van der Waals surface area contributed by atoms with Crippen LogP contribution in [0.5, 0.6) is 11.5 Å². The van der Waals surface area contributed by atoms with Gasteiger partial charge in [-0.05, 0) is 86.2 Å². The van der Waals surface area contributed by atoms with Crippen molar-refractivity contribution in [3.8, 4) is 21.9 Å². The van der Waals surface area contributed by atoms with Crippen LogP contribution >= 0.6 is 23.3 Å². The Morgan fingerprint density at radius 2 is 1.97 bits per heavy atom. The third-order valence-electron chi connectivity index (χ3n) is 5.25. The Kier molecular flexibility index (Phi) is 6.89. The fourth-order valence-electron chi connectivity index (χ4n) is 3.51. The van der Waals surface area contributed by atoms with Crippen molar-refractivity contribution in [2.24, 2.45) is 0 Å². The molecule has 0 saturated carbocycles. The minimum atomic E-state index is 0.262. The molecular weight excluding hydrogens is 430 g/mol. The lowest BCUT2D eigenvalue weighted by molar-refractivity contribution is 0.0904. The van der Waals surface area contributed by atoms with Gasteiger partial charge in [-0.3, -0.25) is 0 Å². The van der Waals surface area contributed by atoms with Gasteiger partial charge in [0.2, 0.25) is 0 Å². The van der Waals surface area contributed by atoms with Crippen LogP contribution in [0.25, 0.3) is 10.4 Å². The number of hydrogen-bond donors (Lipinski definition) is 3. The highest BCUT2D eigenvalue weighted by Gasteiger charge is 2.18. The van der Waals surface area contributed by atoms with Crippen LogP contribution in [0.1, 0.15) is 24.1 Å². The molecular formula is C23H27N3O3S2. The monoisotopic (exact) mass is 457 g/mol. The van der Waals surface area contributed by atoms with E-state index in [4.69, 9.17) is 14.5 Å². The topological polar surface area (TPSA) is 75.6 Å². The first-order valence-corrected chi connectivity index (χ1v) is 11.9. The van der Waals surface area contributed by atoms with Crippen molar-refractivity contribution in [3.63, 3.8) is 0 Å². The molecule has 3 aromatic rings. The number of aryl methyl sites for hydroxylation is 2. The predicted octanol–water partition coefficient (Wildman–Crippen LogP) is 5.85. The van der Waals surface area contributed by atoms with Crippen LogP contribution in [0.2, 0.25) is 0 Å². The molecule has 0 bridgehead atoms. The minimum Gasteiger partial charge on any atom is -0.508 e. The Morgan fingerprint density at radius 3 is 2.71 bits per heavy atom. The van der Waals surface area contributed by atoms with E-state index in [2.05, 4.69) is 29.1 Å². The van der Waals surface area contributed by atoms with E-state index >= 15 is 0 Å². The average Bonchev–Trinajstić information content (AvgIpc) is 3.13. The Morgan fingerprint density at radius 1 is 1.16 bits per heavy atom. The molecule has 0 atom stereocenters. The Labute approximate surface area is 191 Å². The third kappa shape index (κ3) is 5.26. The van der Waals surface area contributed by atoms with Gasteiger partial charge in [0, 0.05) is 24.9 Å². The molecule has 164 valence electrons. The number of methoxy groups -OCH3 is 1. The number of aromatic nitrogens is 1.